The summed E-state index contributed by atoms with van der Waals surface area (Å²) in [5, 5.41) is 0. The standard InChI is InChI=1S/C15H28O6/c1-10(12(16)18-20-14(3,4)5)9-11(2)13(17)19-21-15(6,7)8/h10-11H,9H2,1-8H3. The molecule has 0 aliphatic carbocycles. The van der Waals surface area contributed by atoms with Gasteiger partial charge >= 0.3 is 11.9 Å². The molecule has 0 aromatic heterocycles. The summed E-state index contributed by atoms with van der Waals surface area (Å²) in [6, 6.07) is 0. The van der Waals surface area contributed by atoms with E-state index in [-0.39, 0.29) is 0 Å². The summed E-state index contributed by atoms with van der Waals surface area (Å²) in [6.45, 7) is 14.0. The molecule has 0 saturated heterocycles. The predicted octanol–water partition coefficient (Wildman–Crippen LogP) is 3.20. The zero-order valence-electron chi connectivity index (χ0n) is 14.3. The van der Waals surface area contributed by atoms with Crippen LogP contribution in [0.2, 0.25) is 0 Å². The zero-order chi connectivity index (χ0) is 16.8. The van der Waals surface area contributed by atoms with Gasteiger partial charge in [0.15, 0.2) is 0 Å². The van der Waals surface area contributed by atoms with Crippen molar-refractivity contribution in [3.8, 4) is 0 Å². The van der Waals surface area contributed by atoms with E-state index in [1.54, 1.807) is 55.4 Å². The number of hydrogen-bond acceptors (Lipinski definition) is 6. The Labute approximate surface area is 126 Å². The van der Waals surface area contributed by atoms with Gasteiger partial charge in [0.2, 0.25) is 0 Å². The Balaban J connectivity index is 4.21. The lowest BCUT2D eigenvalue weighted by Crippen LogP contribution is -2.28. The molecule has 0 spiro atoms. The molecule has 0 saturated carbocycles. The van der Waals surface area contributed by atoms with E-state index in [0.29, 0.717) is 6.42 Å². The molecule has 0 aromatic carbocycles. The van der Waals surface area contributed by atoms with E-state index < -0.39 is 35.0 Å². The molecule has 0 heterocycles. The van der Waals surface area contributed by atoms with Crippen LogP contribution in [0, 0.1) is 11.8 Å². The molecule has 124 valence electrons. The number of hydrogen-bond donors (Lipinski definition) is 0. The molecule has 0 aromatic rings. The van der Waals surface area contributed by atoms with Gasteiger partial charge in [-0.3, -0.25) is 9.78 Å². The minimum absolute atomic E-state index is 0.290. The summed E-state index contributed by atoms with van der Waals surface area (Å²) in [5.41, 5.74) is -1.14. The Kier molecular flexibility index (Phi) is 7.33. The van der Waals surface area contributed by atoms with Crippen molar-refractivity contribution in [1.29, 1.82) is 0 Å². The third-order valence-electron chi connectivity index (χ3n) is 2.26. The van der Waals surface area contributed by atoms with Gasteiger partial charge < -0.3 is 0 Å². The van der Waals surface area contributed by atoms with Gasteiger partial charge in [-0.15, -0.1) is 0 Å². The number of rotatable bonds is 6. The lowest BCUT2D eigenvalue weighted by Gasteiger charge is -2.20. The van der Waals surface area contributed by atoms with Gasteiger partial charge in [-0.05, 0) is 48.0 Å². The topological polar surface area (TPSA) is 71.1 Å². The summed E-state index contributed by atoms with van der Waals surface area (Å²) < 4.78 is 0. The van der Waals surface area contributed by atoms with Crippen LogP contribution in [0.5, 0.6) is 0 Å². The van der Waals surface area contributed by atoms with Gasteiger partial charge in [-0.1, -0.05) is 13.8 Å². The van der Waals surface area contributed by atoms with E-state index >= 15 is 0 Å². The normalized spacial score (nSPS) is 15.2. The SMILES string of the molecule is CC(CC(C)C(=O)OOC(C)(C)C)C(=O)OOC(C)(C)C. The first-order chi connectivity index (χ1) is 9.32. The molecule has 0 bridgehead atoms. The quantitative estimate of drug-likeness (QED) is 0.554. The van der Waals surface area contributed by atoms with E-state index in [1.807, 2.05) is 0 Å². The third-order valence-corrected chi connectivity index (χ3v) is 2.26. The lowest BCUT2D eigenvalue weighted by molar-refractivity contribution is -0.325. The lowest BCUT2D eigenvalue weighted by atomic mass is 9.98. The first-order valence-electron chi connectivity index (χ1n) is 7.11. The fourth-order valence-corrected chi connectivity index (χ4v) is 1.22. The van der Waals surface area contributed by atoms with Crippen molar-refractivity contribution >= 4 is 11.9 Å². The van der Waals surface area contributed by atoms with Gasteiger partial charge in [-0.25, -0.2) is 9.59 Å². The van der Waals surface area contributed by atoms with Crippen molar-refractivity contribution in [1.82, 2.24) is 0 Å². The highest BCUT2D eigenvalue weighted by atomic mass is 17.2. The van der Waals surface area contributed by atoms with Gasteiger partial charge in [0.25, 0.3) is 0 Å². The van der Waals surface area contributed by atoms with Gasteiger partial charge in [0, 0.05) is 0 Å². The van der Waals surface area contributed by atoms with Crippen molar-refractivity contribution in [2.75, 3.05) is 0 Å². The monoisotopic (exact) mass is 304 g/mol. The minimum atomic E-state index is -0.569. The van der Waals surface area contributed by atoms with Crippen LogP contribution in [0.4, 0.5) is 0 Å². The summed E-state index contributed by atoms with van der Waals surface area (Å²) in [7, 11) is 0. The molecule has 0 rings (SSSR count). The van der Waals surface area contributed by atoms with Crippen LogP contribution in [0.15, 0.2) is 0 Å². The molecule has 0 aliphatic heterocycles. The molecule has 0 aliphatic rings. The van der Waals surface area contributed by atoms with E-state index in [1.165, 1.54) is 0 Å². The highest BCUT2D eigenvalue weighted by Crippen LogP contribution is 2.18. The van der Waals surface area contributed by atoms with Crippen LogP contribution >= 0.6 is 0 Å². The molecule has 0 N–H and O–H groups in total. The highest BCUT2D eigenvalue weighted by Gasteiger charge is 2.27. The molecular formula is C15H28O6. The van der Waals surface area contributed by atoms with Crippen molar-refractivity contribution in [3.63, 3.8) is 0 Å². The first-order valence-corrected chi connectivity index (χ1v) is 7.11. The van der Waals surface area contributed by atoms with E-state index in [4.69, 9.17) is 19.6 Å². The summed E-state index contributed by atoms with van der Waals surface area (Å²) in [4.78, 5) is 42.9. The molecule has 0 amide bonds. The molecule has 2 atom stereocenters. The van der Waals surface area contributed by atoms with Crippen LogP contribution < -0.4 is 0 Å². The summed E-state index contributed by atoms with van der Waals surface area (Å²) in [6.07, 6.45) is 0.290. The highest BCUT2D eigenvalue weighted by molar-refractivity contribution is 5.75. The fourth-order valence-electron chi connectivity index (χ4n) is 1.22. The minimum Gasteiger partial charge on any atom is -0.298 e. The zero-order valence-corrected chi connectivity index (χ0v) is 14.3. The Morgan fingerprint density at radius 1 is 0.762 bits per heavy atom. The van der Waals surface area contributed by atoms with Crippen molar-refractivity contribution in [2.24, 2.45) is 11.8 Å². The van der Waals surface area contributed by atoms with E-state index in [2.05, 4.69) is 0 Å². The molecule has 21 heavy (non-hydrogen) atoms. The van der Waals surface area contributed by atoms with Crippen LogP contribution in [0.25, 0.3) is 0 Å². The molecule has 2 unspecified atom stereocenters. The second-order valence-electron chi connectivity index (χ2n) is 7.23. The average molecular weight is 304 g/mol. The van der Waals surface area contributed by atoms with Crippen LogP contribution in [0.1, 0.15) is 61.8 Å². The van der Waals surface area contributed by atoms with Gasteiger partial charge in [0.1, 0.15) is 11.2 Å². The smallest absolute Gasteiger partial charge is 0.298 e. The maximum absolute atomic E-state index is 11.7. The van der Waals surface area contributed by atoms with Crippen molar-refractivity contribution < 1.29 is 29.1 Å². The summed E-state index contributed by atoms with van der Waals surface area (Å²) in [5.74, 6) is -1.99. The van der Waals surface area contributed by atoms with Crippen molar-refractivity contribution in [3.05, 3.63) is 0 Å². The third kappa shape index (κ3) is 10.3. The van der Waals surface area contributed by atoms with Crippen LogP contribution in [0.3, 0.4) is 0 Å². The predicted molar refractivity (Wildman–Crippen MR) is 76.8 cm³/mol. The van der Waals surface area contributed by atoms with E-state index in [0.717, 1.165) is 0 Å². The Hall–Kier alpha value is -1.14. The number of carbonyl (C=O) groups is 2. The molecule has 0 fully saturated rings. The van der Waals surface area contributed by atoms with E-state index in [9.17, 15) is 9.59 Å². The van der Waals surface area contributed by atoms with Crippen LogP contribution in [-0.2, 0) is 29.1 Å². The fraction of sp³-hybridized carbons (Fsp3) is 0.867. The second-order valence-corrected chi connectivity index (χ2v) is 7.23. The Morgan fingerprint density at radius 3 is 1.29 bits per heavy atom. The average Bonchev–Trinajstić information content (AvgIpc) is 2.30. The van der Waals surface area contributed by atoms with Crippen LogP contribution in [-0.4, -0.2) is 23.1 Å². The molecule has 6 heteroatoms. The molecule has 6 nitrogen and oxygen atoms in total. The van der Waals surface area contributed by atoms with Crippen molar-refractivity contribution in [2.45, 2.75) is 73.0 Å². The molecular weight excluding hydrogens is 276 g/mol. The molecule has 0 radical (unpaired) electrons. The largest absolute Gasteiger partial charge is 0.345 e. The second kappa shape index (κ2) is 7.75. The maximum atomic E-state index is 11.7. The summed E-state index contributed by atoms with van der Waals surface area (Å²) >= 11 is 0. The van der Waals surface area contributed by atoms with Gasteiger partial charge in [0.05, 0.1) is 11.8 Å². The number of carbonyl (C=O) groups excluding carboxylic acids is 2. The Morgan fingerprint density at radius 2 is 1.05 bits per heavy atom. The maximum Gasteiger partial charge on any atom is 0.345 e. The first kappa shape index (κ1) is 19.9. The Bertz CT molecular complexity index is 316. The van der Waals surface area contributed by atoms with Gasteiger partial charge in [-0.2, -0.15) is 9.78 Å².